The lowest BCUT2D eigenvalue weighted by Crippen LogP contribution is -2.44. The summed E-state index contributed by atoms with van der Waals surface area (Å²) in [5.41, 5.74) is 1.40. The van der Waals surface area contributed by atoms with Gasteiger partial charge in [0.25, 0.3) is 0 Å². The van der Waals surface area contributed by atoms with Crippen LogP contribution in [0.4, 0.5) is 0 Å². The molecule has 1 aliphatic heterocycles. The van der Waals surface area contributed by atoms with Gasteiger partial charge < -0.3 is 9.15 Å². The first-order valence-corrected chi connectivity index (χ1v) is 8.42. The van der Waals surface area contributed by atoms with Crippen molar-refractivity contribution in [2.75, 3.05) is 13.1 Å². The zero-order valence-electron chi connectivity index (χ0n) is 14.0. The fourth-order valence-electron chi connectivity index (χ4n) is 3.80. The highest BCUT2D eigenvalue weighted by Crippen LogP contribution is 2.28. The summed E-state index contributed by atoms with van der Waals surface area (Å²) in [5.74, 6) is 0. The van der Waals surface area contributed by atoms with Gasteiger partial charge in [-0.3, -0.25) is 4.90 Å². The Morgan fingerprint density at radius 1 is 1.08 bits per heavy atom. The molecule has 2 atom stereocenters. The quantitative estimate of drug-likeness (QED) is 0.534. The zero-order chi connectivity index (χ0) is 16.7. The lowest BCUT2D eigenvalue weighted by molar-refractivity contribution is -0.0704. The molecule has 4 rings (SSSR count). The molecule has 0 aliphatic carbocycles. The van der Waals surface area contributed by atoms with E-state index in [2.05, 4.69) is 30.9 Å². The SMILES string of the molecule is CC1CN(Cc2cc(=O)oc3ccc4ccccc4c23)CC(C)O1. The van der Waals surface area contributed by atoms with E-state index < -0.39 is 0 Å². The van der Waals surface area contributed by atoms with Gasteiger partial charge in [0.05, 0.1) is 12.2 Å². The Kier molecular flexibility index (Phi) is 3.87. The highest BCUT2D eigenvalue weighted by Gasteiger charge is 2.23. The number of rotatable bonds is 2. The third-order valence-electron chi connectivity index (χ3n) is 4.60. The van der Waals surface area contributed by atoms with Crippen LogP contribution >= 0.6 is 0 Å². The van der Waals surface area contributed by atoms with E-state index in [9.17, 15) is 4.79 Å². The minimum absolute atomic E-state index is 0.205. The summed E-state index contributed by atoms with van der Waals surface area (Å²) >= 11 is 0. The Hall–Kier alpha value is -2.17. The Balaban J connectivity index is 1.84. The van der Waals surface area contributed by atoms with Crippen LogP contribution in [0.5, 0.6) is 0 Å². The van der Waals surface area contributed by atoms with Crippen molar-refractivity contribution in [3.63, 3.8) is 0 Å². The molecule has 1 aliphatic rings. The number of ether oxygens (including phenoxy) is 1. The van der Waals surface area contributed by atoms with Gasteiger partial charge in [0.2, 0.25) is 0 Å². The second kappa shape index (κ2) is 6.04. The van der Waals surface area contributed by atoms with Crippen molar-refractivity contribution in [3.8, 4) is 0 Å². The molecule has 1 aromatic heterocycles. The third-order valence-corrected chi connectivity index (χ3v) is 4.60. The molecule has 124 valence electrons. The highest BCUT2D eigenvalue weighted by molar-refractivity contribution is 6.07. The number of hydrogen-bond donors (Lipinski definition) is 0. The van der Waals surface area contributed by atoms with Gasteiger partial charge in [-0.05, 0) is 36.2 Å². The Morgan fingerprint density at radius 2 is 1.83 bits per heavy atom. The van der Waals surface area contributed by atoms with Crippen LogP contribution in [0.25, 0.3) is 21.7 Å². The zero-order valence-corrected chi connectivity index (χ0v) is 14.0. The smallest absolute Gasteiger partial charge is 0.336 e. The minimum Gasteiger partial charge on any atom is -0.423 e. The molecule has 2 unspecified atom stereocenters. The van der Waals surface area contributed by atoms with Crippen molar-refractivity contribution in [2.24, 2.45) is 0 Å². The second-order valence-corrected chi connectivity index (χ2v) is 6.70. The molecular weight excluding hydrogens is 302 g/mol. The first kappa shape index (κ1) is 15.4. The van der Waals surface area contributed by atoms with E-state index in [1.54, 1.807) is 6.07 Å². The van der Waals surface area contributed by atoms with Crippen LogP contribution in [0, 0.1) is 0 Å². The molecule has 2 heterocycles. The lowest BCUT2D eigenvalue weighted by Gasteiger charge is -2.35. The van der Waals surface area contributed by atoms with Crippen LogP contribution in [-0.4, -0.2) is 30.2 Å². The maximum Gasteiger partial charge on any atom is 0.336 e. The average molecular weight is 323 g/mol. The Morgan fingerprint density at radius 3 is 2.62 bits per heavy atom. The van der Waals surface area contributed by atoms with E-state index in [-0.39, 0.29) is 17.8 Å². The second-order valence-electron chi connectivity index (χ2n) is 6.70. The van der Waals surface area contributed by atoms with E-state index in [0.29, 0.717) is 5.58 Å². The topological polar surface area (TPSA) is 42.7 Å². The summed E-state index contributed by atoms with van der Waals surface area (Å²) in [6.45, 7) is 6.66. The van der Waals surface area contributed by atoms with Crippen molar-refractivity contribution in [1.82, 2.24) is 4.90 Å². The molecule has 0 amide bonds. The molecule has 4 heteroatoms. The van der Waals surface area contributed by atoms with Crippen molar-refractivity contribution >= 4 is 21.7 Å². The number of fused-ring (bicyclic) bond motifs is 3. The molecule has 0 spiro atoms. The molecule has 0 N–H and O–H groups in total. The van der Waals surface area contributed by atoms with Gasteiger partial charge in [-0.15, -0.1) is 0 Å². The van der Waals surface area contributed by atoms with Crippen LogP contribution < -0.4 is 5.63 Å². The molecule has 0 radical (unpaired) electrons. The molecule has 1 fully saturated rings. The maximum atomic E-state index is 12.0. The van der Waals surface area contributed by atoms with Gasteiger partial charge in [-0.25, -0.2) is 4.79 Å². The first-order valence-electron chi connectivity index (χ1n) is 8.42. The number of hydrogen-bond acceptors (Lipinski definition) is 4. The lowest BCUT2D eigenvalue weighted by atomic mass is 10.0. The highest BCUT2D eigenvalue weighted by atomic mass is 16.5. The van der Waals surface area contributed by atoms with Gasteiger partial charge in [-0.1, -0.05) is 30.3 Å². The summed E-state index contributed by atoms with van der Waals surface area (Å²) in [6.07, 6.45) is 0.411. The first-order chi connectivity index (χ1) is 11.6. The van der Waals surface area contributed by atoms with E-state index >= 15 is 0 Å². The van der Waals surface area contributed by atoms with Crippen molar-refractivity contribution < 1.29 is 9.15 Å². The molecule has 0 saturated carbocycles. The monoisotopic (exact) mass is 323 g/mol. The number of morpholine rings is 1. The fraction of sp³-hybridized carbons (Fsp3) is 0.350. The summed E-state index contributed by atoms with van der Waals surface area (Å²) < 4.78 is 11.3. The minimum atomic E-state index is -0.290. The summed E-state index contributed by atoms with van der Waals surface area (Å²) in [6, 6.07) is 13.8. The third kappa shape index (κ3) is 2.83. The van der Waals surface area contributed by atoms with Crippen molar-refractivity contribution in [2.45, 2.75) is 32.6 Å². The van der Waals surface area contributed by atoms with Gasteiger partial charge >= 0.3 is 5.63 Å². The molecule has 0 bridgehead atoms. The van der Waals surface area contributed by atoms with Gasteiger partial charge in [-0.2, -0.15) is 0 Å². The Bertz CT molecular complexity index is 936. The number of benzene rings is 2. The van der Waals surface area contributed by atoms with Gasteiger partial charge in [0.15, 0.2) is 0 Å². The predicted octanol–water partition coefficient (Wildman–Crippen LogP) is 3.56. The fourth-order valence-corrected chi connectivity index (χ4v) is 3.80. The summed E-state index contributed by atoms with van der Waals surface area (Å²) in [7, 11) is 0. The molecule has 1 saturated heterocycles. The van der Waals surface area contributed by atoms with Crippen molar-refractivity contribution in [1.29, 1.82) is 0 Å². The van der Waals surface area contributed by atoms with E-state index in [4.69, 9.17) is 9.15 Å². The van der Waals surface area contributed by atoms with E-state index in [0.717, 1.165) is 41.4 Å². The molecule has 3 aromatic rings. The van der Waals surface area contributed by atoms with Crippen LogP contribution in [0.15, 0.2) is 51.7 Å². The normalized spacial score (nSPS) is 22.2. The molecule has 24 heavy (non-hydrogen) atoms. The van der Waals surface area contributed by atoms with Crippen LogP contribution in [0.3, 0.4) is 0 Å². The van der Waals surface area contributed by atoms with Crippen LogP contribution in [-0.2, 0) is 11.3 Å². The summed E-state index contributed by atoms with van der Waals surface area (Å²) in [5, 5.41) is 3.33. The maximum absolute atomic E-state index is 12.0. The standard InChI is InChI=1S/C20H21NO3/c1-13-10-21(11-14(2)23-13)12-16-9-19(22)24-18-8-7-15-5-3-4-6-17(15)20(16)18/h3-9,13-14H,10-12H2,1-2H3. The molecule has 4 nitrogen and oxygen atoms in total. The molecular formula is C20H21NO3. The largest absolute Gasteiger partial charge is 0.423 e. The Labute approximate surface area is 140 Å². The van der Waals surface area contributed by atoms with Crippen molar-refractivity contribution in [3.05, 3.63) is 58.4 Å². The van der Waals surface area contributed by atoms with Gasteiger partial charge in [0.1, 0.15) is 5.58 Å². The molecule has 2 aromatic carbocycles. The van der Waals surface area contributed by atoms with Crippen LogP contribution in [0.2, 0.25) is 0 Å². The van der Waals surface area contributed by atoms with Gasteiger partial charge in [0, 0.05) is 31.1 Å². The predicted molar refractivity (Wildman–Crippen MR) is 95.3 cm³/mol. The summed E-state index contributed by atoms with van der Waals surface area (Å²) in [4.78, 5) is 14.4. The average Bonchev–Trinajstić information content (AvgIpc) is 2.53. The van der Waals surface area contributed by atoms with E-state index in [1.165, 1.54) is 0 Å². The van der Waals surface area contributed by atoms with E-state index in [1.807, 2.05) is 24.3 Å². The van der Waals surface area contributed by atoms with Crippen LogP contribution in [0.1, 0.15) is 19.4 Å². The number of nitrogens with zero attached hydrogens (tertiary/aromatic N) is 1.